The van der Waals surface area contributed by atoms with Crippen molar-refractivity contribution in [2.75, 3.05) is 21.3 Å². The summed E-state index contributed by atoms with van der Waals surface area (Å²) in [5.41, 5.74) is 0.786. The molecule has 0 fully saturated rings. The molecule has 0 radical (unpaired) electrons. The van der Waals surface area contributed by atoms with Gasteiger partial charge >= 0.3 is 0 Å². The lowest BCUT2D eigenvalue weighted by molar-refractivity contribution is 0.327. The number of fused-ring (bicyclic) bond motifs is 1. The number of methoxy groups -OCH3 is 3. The van der Waals surface area contributed by atoms with Gasteiger partial charge in [0, 0.05) is 11.5 Å². The van der Waals surface area contributed by atoms with Crippen LogP contribution in [0.4, 0.5) is 0 Å². The van der Waals surface area contributed by atoms with Gasteiger partial charge in [-0.05, 0) is 28.1 Å². The molecule has 1 aromatic carbocycles. The van der Waals surface area contributed by atoms with Crippen molar-refractivity contribution in [1.82, 2.24) is 4.98 Å². The number of aromatic nitrogens is 1. The topological polar surface area (TPSA) is 40.6 Å². The monoisotopic (exact) mass is 297 g/mol. The van der Waals surface area contributed by atoms with Gasteiger partial charge in [-0.1, -0.05) is 0 Å². The minimum Gasteiger partial charge on any atom is -0.493 e. The van der Waals surface area contributed by atoms with Crippen LogP contribution in [-0.4, -0.2) is 26.3 Å². The predicted molar refractivity (Wildman–Crippen MR) is 69.1 cm³/mol. The lowest BCUT2D eigenvalue weighted by Crippen LogP contribution is -1.96. The Labute approximate surface area is 108 Å². The van der Waals surface area contributed by atoms with Crippen molar-refractivity contribution in [3.63, 3.8) is 0 Å². The minimum atomic E-state index is 0.576. The third-order valence-electron chi connectivity index (χ3n) is 2.46. The zero-order valence-corrected chi connectivity index (χ0v) is 11.4. The van der Waals surface area contributed by atoms with Crippen LogP contribution < -0.4 is 14.2 Å². The first kappa shape index (κ1) is 12.0. The van der Waals surface area contributed by atoms with Crippen LogP contribution in [0.2, 0.25) is 0 Å². The van der Waals surface area contributed by atoms with Crippen molar-refractivity contribution in [2.45, 2.75) is 0 Å². The molecule has 0 aliphatic heterocycles. The Morgan fingerprint density at radius 3 is 2.29 bits per heavy atom. The number of pyridine rings is 1. The quantitative estimate of drug-likeness (QED) is 0.817. The summed E-state index contributed by atoms with van der Waals surface area (Å²) in [5.74, 6) is 1.80. The third kappa shape index (κ3) is 2.02. The molecule has 0 aliphatic rings. The van der Waals surface area contributed by atoms with Gasteiger partial charge in [-0.25, -0.2) is 4.98 Å². The highest BCUT2D eigenvalue weighted by molar-refractivity contribution is 9.10. The highest BCUT2D eigenvalue weighted by Crippen LogP contribution is 2.42. The van der Waals surface area contributed by atoms with E-state index in [9.17, 15) is 0 Å². The van der Waals surface area contributed by atoms with Gasteiger partial charge in [-0.3, -0.25) is 0 Å². The van der Waals surface area contributed by atoms with E-state index in [0.717, 1.165) is 15.5 Å². The SMILES string of the molecule is COc1cc2nc(Br)ccc2c(OC)c1OC. The van der Waals surface area contributed by atoms with E-state index in [0.29, 0.717) is 17.2 Å². The molecule has 0 saturated carbocycles. The summed E-state index contributed by atoms with van der Waals surface area (Å²) >= 11 is 3.34. The van der Waals surface area contributed by atoms with Crippen molar-refractivity contribution in [2.24, 2.45) is 0 Å². The van der Waals surface area contributed by atoms with Gasteiger partial charge in [0.15, 0.2) is 11.5 Å². The van der Waals surface area contributed by atoms with Gasteiger partial charge in [-0.2, -0.15) is 0 Å². The fourth-order valence-corrected chi connectivity index (χ4v) is 2.05. The Balaban J connectivity index is 2.83. The molecule has 2 aromatic rings. The van der Waals surface area contributed by atoms with Crippen molar-refractivity contribution >= 4 is 26.8 Å². The van der Waals surface area contributed by atoms with Gasteiger partial charge in [0.2, 0.25) is 5.75 Å². The summed E-state index contributed by atoms with van der Waals surface area (Å²) in [4.78, 5) is 4.37. The summed E-state index contributed by atoms with van der Waals surface area (Å²) in [7, 11) is 4.76. The Morgan fingerprint density at radius 1 is 1.00 bits per heavy atom. The lowest BCUT2D eigenvalue weighted by atomic mass is 10.1. The van der Waals surface area contributed by atoms with E-state index in [1.54, 1.807) is 21.3 Å². The van der Waals surface area contributed by atoms with Crippen LogP contribution in [0.5, 0.6) is 17.2 Å². The second-order valence-corrected chi connectivity index (χ2v) is 4.16. The van der Waals surface area contributed by atoms with Crippen LogP contribution >= 0.6 is 15.9 Å². The number of nitrogens with zero attached hydrogens (tertiary/aromatic N) is 1. The van der Waals surface area contributed by atoms with Crippen molar-refractivity contribution < 1.29 is 14.2 Å². The standard InChI is InChI=1S/C12H12BrNO3/c1-15-9-6-8-7(4-5-10(13)14-8)11(16-2)12(9)17-3/h4-6H,1-3H3. The first-order chi connectivity index (χ1) is 8.21. The molecule has 4 nitrogen and oxygen atoms in total. The minimum absolute atomic E-state index is 0.576. The Kier molecular flexibility index (Phi) is 3.38. The maximum atomic E-state index is 5.37. The molecule has 2 rings (SSSR count). The first-order valence-electron chi connectivity index (χ1n) is 4.96. The molecule has 90 valence electrons. The molecule has 17 heavy (non-hydrogen) atoms. The number of hydrogen-bond donors (Lipinski definition) is 0. The maximum Gasteiger partial charge on any atom is 0.204 e. The second-order valence-electron chi connectivity index (χ2n) is 3.35. The molecule has 0 spiro atoms. The molecule has 0 saturated heterocycles. The van der Waals surface area contributed by atoms with Crippen LogP contribution in [-0.2, 0) is 0 Å². The smallest absolute Gasteiger partial charge is 0.204 e. The van der Waals surface area contributed by atoms with E-state index in [1.807, 2.05) is 18.2 Å². The average Bonchev–Trinajstić information content (AvgIpc) is 2.35. The molecule has 0 aliphatic carbocycles. The third-order valence-corrected chi connectivity index (χ3v) is 2.90. The number of halogens is 1. The summed E-state index contributed by atoms with van der Waals surface area (Å²) < 4.78 is 16.7. The fourth-order valence-electron chi connectivity index (χ4n) is 1.72. The van der Waals surface area contributed by atoms with Crippen LogP contribution in [0.25, 0.3) is 10.9 Å². The van der Waals surface area contributed by atoms with Gasteiger partial charge in [0.25, 0.3) is 0 Å². The van der Waals surface area contributed by atoms with Crippen molar-refractivity contribution in [3.8, 4) is 17.2 Å². The number of rotatable bonds is 3. The predicted octanol–water partition coefficient (Wildman–Crippen LogP) is 3.02. The summed E-state index contributed by atoms with van der Waals surface area (Å²) in [6, 6.07) is 5.60. The fraction of sp³-hybridized carbons (Fsp3) is 0.250. The van der Waals surface area contributed by atoms with Gasteiger partial charge in [0.05, 0.1) is 26.8 Å². The zero-order valence-electron chi connectivity index (χ0n) is 9.78. The average molecular weight is 298 g/mol. The zero-order chi connectivity index (χ0) is 12.4. The molecule has 1 heterocycles. The maximum absolute atomic E-state index is 5.37. The van der Waals surface area contributed by atoms with E-state index in [2.05, 4.69) is 20.9 Å². The van der Waals surface area contributed by atoms with Gasteiger partial charge < -0.3 is 14.2 Å². The molecule has 0 unspecified atom stereocenters. The van der Waals surface area contributed by atoms with Gasteiger partial charge in [-0.15, -0.1) is 0 Å². The Bertz CT molecular complexity index is 557. The van der Waals surface area contributed by atoms with Crippen LogP contribution in [0.15, 0.2) is 22.8 Å². The highest BCUT2D eigenvalue weighted by atomic mass is 79.9. The van der Waals surface area contributed by atoms with E-state index in [1.165, 1.54) is 0 Å². The molecular weight excluding hydrogens is 286 g/mol. The largest absolute Gasteiger partial charge is 0.493 e. The highest BCUT2D eigenvalue weighted by Gasteiger charge is 2.16. The summed E-state index contributed by atoms with van der Waals surface area (Å²) in [6.45, 7) is 0. The summed E-state index contributed by atoms with van der Waals surface area (Å²) in [5, 5.41) is 0.883. The van der Waals surface area contributed by atoms with Crippen LogP contribution in [0.1, 0.15) is 0 Å². The molecule has 0 N–H and O–H groups in total. The van der Waals surface area contributed by atoms with E-state index < -0.39 is 0 Å². The van der Waals surface area contributed by atoms with Gasteiger partial charge in [0.1, 0.15) is 4.60 Å². The van der Waals surface area contributed by atoms with Crippen LogP contribution in [0.3, 0.4) is 0 Å². The number of benzene rings is 1. The molecule has 1 aromatic heterocycles. The Hall–Kier alpha value is -1.49. The van der Waals surface area contributed by atoms with E-state index in [4.69, 9.17) is 14.2 Å². The van der Waals surface area contributed by atoms with Crippen molar-refractivity contribution in [1.29, 1.82) is 0 Å². The van der Waals surface area contributed by atoms with Crippen molar-refractivity contribution in [3.05, 3.63) is 22.8 Å². The van der Waals surface area contributed by atoms with Crippen LogP contribution in [0, 0.1) is 0 Å². The molecule has 0 amide bonds. The first-order valence-corrected chi connectivity index (χ1v) is 5.75. The molecule has 5 heteroatoms. The second kappa shape index (κ2) is 4.79. The molecule has 0 atom stereocenters. The lowest BCUT2D eigenvalue weighted by Gasteiger charge is -2.14. The van der Waals surface area contributed by atoms with E-state index in [-0.39, 0.29) is 0 Å². The summed E-state index contributed by atoms with van der Waals surface area (Å²) in [6.07, 6.45) is 0. The Morgan fingerprint density at radius 2 is 1.71 bits per heavy atom. The number of hydrogen-bond acceptors (Lipinski definition) is 4. The van der Waals surface area contributed by atoms with E-state index >= 15 is 0 Å². The molecular formula is C12H12BrNO3. The normalized spacial score (nSPS) is 10.4. The molecule has 0 bridgehead atoms. The number of ether oxygens (including phenoxy) is 3.